The van der Waals surface area contributed by atoms with Gasteiger partial charge >= 0.3 is 0 Å². The molecule has 0 bridgehead atoms. The highest BCUT2D eigenvalue weighted by molar-refractivity contribution is 5.53. The van der Waals surface area contributed by atoms with E-state index >= 15 is 0 Å². The van der Waals surface area contributed by atoms with Crippen molar-refractivity contribution in [2.75, 3.05) is 13.7 Å². The van der Waals surface area contributed by atoms with E-state index in [2.05, 4.69) is 40.0 Å². The normalized spacial score (nSPS) is 17.2. The van der Waals surface area contributed by atoms with Crippen LogP contribution in [-0.4, -0.2) is 33.5 Å². The zero-order valence-electron chi connectivity index (χ0n) is 16.9. The Morgan fingerprint density at radius 1 is 1.21 bits per heavy atom. The molecule has 1 aromatic carbocycles. The fourth-order valence-corrected chi connectivity index (χ4v) is 4.16. The third kappa shape index (κ3) is 4.22. The number of aromatic nitrogens is 3. The average Bonchev–Trinajstić information content (AvgIpc) is 2.74. The van der Waals surface area contributed by atoms with E-state index in [1.165, 1.54) is 5.56 Å². The van der Waals surface area contributed by atoms with Crippen molar-refractivity contribution in [3.8, 4) is 17.1 Å². The number of aromatic amines is 1. The molecule has 0 saturated carbocycles. The van der Waals surface area contributed by atoms with E-state index in [0.717, 1.165) is 54.9 Å². The van der Waals surface area contributed by atoms with Crippen molar-refractivity contribution in [2.45, 2.75) is 38.8 Å². The number of hydrogen-bond donors (Lipinski definition) is 1. The highest BCUT2D eigenvalue weighted by Crippen LogP contribution is 2.33. The monoisotopic (exact) mass is 390 g/mol. The van der Waals surface area contributed by atoms with Gasteiger partial charge in [-0.1, -0.05) is 24.6 Å². The predicted molar refractivity (Wildman–Crippen MR) is 113 cm³/mol. The fraction of sp³-hybridized carbons (Fsp3) is 0.348. The standard InChI is InChI=1S/C23H26N4O2/c1-16-6-5-7-18(22(16)29-2)15-27-13-4-3-8-20(27)19-14-21(28)26-23(25-19)17-9-11-24-12-10-17/h5-7,9-12,14,20H,3-4,8,13,15H2,1-2H3,(H,25,26,28). The van der Waals surface area contributed by atoms with E-state index in [1.54, 1.807) is 25.6 Å². The Balaban J connectivity index is 1.67. The molecule has 3 heterocycles. The van der Waals surface area contributed by atoms with Crippen molar-refractivity contribution < 1.29 is 4.74 Å². The Labute approximate surface area is 170 Å². The van der Waals surface area contributed by atoms with E-state index in [0.29, 0.717) is 5.82 Å². The van der Waals surface area contributed by atoms with Gasteiger partial charge in [0.25, 0.3) is 5.56 Å². The van der Waals surface area contributed by atoms with Crippen molar-refractivity contribution in [3.05, 3.63) is 76.0 Å². The fourth-order valence-electron chi connectivity index (χ4n) is 4.16. The van der Waals surface area contributed by atoms with E-state index < -0.39 is 0 Å². The molecule has 1 atom stereocenters. The maximum atomic E-state index is 12.4. The molecule has 0 aliphatic carbocycles. The van der Waals surface area contributed by atoms with E-state index in [9.17, 15) is 4.79 Å². The lowest BCUT2D eigenvalue weighted by atomic mass is 9.97. The zero-order valence-corrected chi connectivity index (χ0v) is 16.9. The smallest absolute Gasteiger partial charge is 0.251 e. The lowest BCUT2D eigenvalue weighted by molar-refractivity contribution is 0.136. The molecule has 6 nitrogen and oxygen atoms in total. The van der Waals surface area contributed by atoms with Crippen LogP contribution < -0.4 is 10.3 Å². The Morgan fingerprint density at radius 3 is 2.83 bits per heavy atom. The number of aryl methyl sites for hydroxylation is 1. The summed E-state index contributed by atoms with van der Waals surface area (Å²) in [4.78, 5) is 26.5. The number of pyridine rings is 1. The SMILES string of the molecule is COc1c(C)cccc1CN1CCCCC1c1cc(=O)[nH]c(-c2ccncc2)n1. The number of methoxy groups -OCH3 is 1. The van der Waals surface area contributed by atoms with Crippen LogP contribution >= 0.6 is 0 Å². The summed E-state index contributed by atoms with van der Waals surface area (Å²) in [6, 6.07) is 11.7. The van der Waals surface area contributed by atoms with Gasteiger partial charge in [0.15, 0.2) is 0 Å². The molecular formula is C23H26N4O2. The maximum absolute atomic E-state index is 12.4. The molecule has 1 N–H and O–H groups in total. The minimum Gasteiger partial charge on any atom is -0.496 e. The molecule has 1 unspecified atom stereocenters. The summed E-state index contributed by atoms with van der Waals surface area (Å²) < 4.78 is 5.65. The number of hydrogen-bond acceptors (Lipinski definition) is 5. The number of rotatable bonds is 5. The number of nitrogens with zero attached hydrogens (tertiary/aromatic N) is 3. The summed E-state index contributed by atoms with van der Waals surface area (Å²) in [6.07, 6.45) is 6.68. The van der Waals surface area contributed by atoms with Crippen LogP contribution in [0.1, 0.15) is 42.1 Å². The molecule has 2 aromatic heterocycles. The number of piperidine rings is 1. The summed E-state index contributed by atoms with van der Waals surface area (Å²) in [5, 5.41) is 0. The number of ether oxygens (including phenoxy) is 1. The summed E-state index contributed by atoms with van der Waals surface area (Å²) in [5.41, 5.74) is 3.86. The second kappa shape index (κ2) is 8.57. The van der Waals surface area contributed by atoms with Crippen molar-refractivity contribution in [3.63, 3.8) is 0 Å². The Kier molecular flexibility index (Phi) is 5.71. The minimum atomic E-state index is -0.125. The van der Waals surface area contributed by atoms with Crippen LogP contribution in [0.25, 0.3) is 11.4 Å². The molecule has 3 aromatic rings. The predicted octanol–water partition coefficient (Wildman–Crippen LogP) is 3.88. The maximum Gasteiger partial charge on any atom is 0.251 e. The van der Waals surface area contributed by atoms with Crippen LogP contribution in [0.2, 0.25) is 0 Å². The van der Waals surface area contributed by atoms with Crippen LogP contribution in [0.5, 0.6) is 5.75 Å². The van der Waals surface area contributed by atoms with Gasteiger partial charge in [-0.05, 0) is 44.0 Å². The number of benzene rings is 1. The van der Waals surface area contributed by atoms with Gasteiger partial charge < -0.3 is 9.72 Å². The number of H-pyrrole nitrogens is 1. The molecule has 1 saturated heterocycles. The first-order valence-electron chi connectivity index (χ1n) is 10.0. The van der Waals surface area contributed by atoms with E-state index in [1.807, 2.05) is 12.1 Å². The van der Waals surface area contributed by atoms with Gasteiger partial charge in [0.2, 0.25) is 0 Å². The van der Waals surface area contributed by atoms with Gasteiger partial charge in [-0.15, -0.1) is 0 Å². The van der Waals surface area contributed by atoms with Gasteiger partial charge in [0, 0.05) is 36.1 Å². The van der Waals surface area contributed by atoms with Crippen LogP contribution in [0, 0.1) is 6.92 Å². The molecule has 0 spiro atoms. The minimum absolute atomic E-state index is 0.108. The average molecular weight is 390 g/mol. The van der Waals surface area contributed by atoms with Crippen LogP contribution in [0.15, 0.2) is 53.6 Å². The zero-order chi connectivity index (χ0) is 20.2. The van der Waals surface area contributed by atoms with Crippen molar-refractivity contribution in [1.82, 2.24) is 19.9 Å². The second-order valence-electron chi connectivity index (χ2n) is 7.50. The Bertz CT molecular complexity index is 1030. The van der Waals surface area contributed by atoms with E-state index in [4.69, 9.17) is 9.72 Å². The van der Waals surface area contributed by atoms with Gasteiger partial charge in [0.05, 0.1) is 18.8 Å². The Morgan fingerprint density at radius 2 is 2.03 bits per heavy atom. The van der Waals surface area contributed by atoms with Crippen molar-refractivity contribution >= 4 is 0 Å². The molecule has 6 heteroatoms. The van der Waals surface area contributed by atoms with Crippen LogP contribution in [0.4, 0.5) is 0 Å². The first-order valence-corrected chi connectivity index (χ1v) is 10.0. The van der Waals surface area contributed by atoms with Crippen LogP contribution in [0.3, 0.4) is 0 Å². The Hall–Kier alpha value is -2.99. The van der Waals surface area contributed by atoms with Gasteiger partial charge in [0.1, 0.15) is 11.6 Å². The number of para-hydroxylation sites is 1. The number of nitrogens with one attached hydrogen (secondary N) is 1. The third-order valence-corrected chi connectivity index (χ3v) is 5.54. The highest BCUT2D eigenvalue weighted by Gasteiger charge is 2.27. The third-order valence-electron chi connectivity index (χ3n) is 5.54. The lowest BCUT2D eigenvalue weighted by Crippen LogP contribution is -2.34. The molecule has 1 fully saturated rings. The second-order valence-corrected chi connectivity index (χ2v) is 7.50. The van der Waals surface area contributed by atoms with Crippen molar-refractivity contribution in [1.29, 1.82) is 0 Å². The molecule has 29 heavy (non-hydrogen) atoms. The summed E-state index contributed by atoms with van der Waals surface area (Å²) in [7, 11) is 1.72. The molecule has 0 amide bonds. The van der Waals surface area contributed by atoms with E-state index in [-0.39, 0.29) is 11.6 Å². The summed E-state index contributed by atoms with van der Waals surface area (Å²) in [5.74, 6) is 1.53. The molecular weight excluding hydrogens is 364 g/mol. The first kappa shape index (κ1) is 19.3. The molecule has 1 aliphatic rings. The highest BCUT2D eigenvalue weighted by atomic mass is 16.5. The van der Waals surface area contributed by atoms with Crippen molar-refractivity contribution in [2.24, 2.45) is 0 Å². The summed E-state index contributed by atoms with van der Waals surface area (Å²) in [6.45, 7) is 3.81. The number of likely N-dealkylation sites (tertiary alicyclic amines) is 1. The summed E-state index contributed by atoms with van der Waals surface area (Å²) >= 11 is 0. The van der Waals surface area contributed by atoms with Gasteiger partial charge in [-0.25, -0.2) is 4.98 Å². The first-order chi connectivity index (χ1) is 14.2. The molecule has 4 rings (SSSR count). The largest absolute Gasteiger partial charge is 0.496 e. The quantitative estimate of drug-likeness (QED) is 0.716. The molecule has 150 valence electrons. The van der Waals surface area contributed by atoms with Gasteiger partial charge in [-0.2, -0.15) is 0 Å². The van der Waals surface area contributed by atoms with Crippen LogP contribution in [-0.2, 0) is 6.54 Å². The topological polar surface area (TPSA) is 71.1 Å². The van der Waals surface area contributed by atoms with Gasteiger partial charge in [-0.3, -0.25) is 14.7 Å². The molecule has 0 radical (unpaired) electrons. The molecule has 1 aliphatic heterocycles. The lowest BCUT2D eigenvalue weighted by Gasteiger charge is -2.35.